The van der Waals surface area contributed by atoms with E-state index in [2.05, 4.69) is 24.1 Å². The highest BCUT2D eigenvalue weighted by Crippen LogP contribution is 2.34. The molecule has 0 spiro atoms. The van der Waals surface area contributed by atoms with Crippen LogP contribution in [0.3, 0.4) is 0 Å². The summed E-state index contributed by atoms with van der Waals surface area (Å²) in [6.45, 7) is 5.03. The van der Waals surface area contributed by atoms with E-state index < -0.39 is 0 Å². The van der Waals surface area contributed by atoms with Crippen molar-refractivity contribution in [3.8, 4) is 0 Å². The average molecular weight is 282 g/mol. The molecule has 2 atom stereocenters. The predicted molar refractivity (Wildman–Crippen MR) is 79.2 cm³/mol. The van der Waals surface area contributed by atoms with Crippen LogP contribution in [0, 0.1) is 10.1 Å². The highest BCUT2D eigenvalue weighted by Gasteiger charge is 2.31. The van der Waals surface area contributed by atoms with Crippen LogP contribution < -0.4 is 10.2 Å². The van der Waals surface area contributed by atoms with E-state index in [4.69, 9.17) is 0 Å². The Bertz CT molecular complexity index is 483. The molecule has 1 aromatic heterocycles. The van der Waals surface area contributed by atoms with Gasteiger partial charge in [-0.25, -0.2) is 4.98 Å². The molecule has 2 heterocycles. The van der Waals surface area contributed by atoms with Gasteiger partial charge in [-0.15, -0.1) is 0 Å². The second-order valence-corrected chi connectivity index (χ2v) is 6.04. The summed E-state index contributed by atoms with van der Waals surface area (Å²) in [5, 5.41) is 14.5. The molecule has 1 aliphatic heterocycles. The first kappa shape index (κ1) is 13.9. The molecule has 1 aliphatic rings. The van der Waals surface area contributed by atoms with Crippen molar-refractivity contribution in [2.75, 3.05) is 29.6 Å². The zero-order valence-electron chi connectivity index (χ0n) is 11.3. The number of nitrogens with zero attached hydrogens (tertiary/aromatic N) is 3. The van der Waals surface area contributed by atoms with Crippen molar-refractivity contribution in [1.82, 2.24) is 4.98 Å². The van der Waals surface area contributed by atoms with Crippen LogP contribution >= 0.6 is 11.8 Å². The first-order valence-corrected chi connectivity index (χ1v) is 7.31. The van der Waals surface area contributed by atoms with Crippen molar-refractivity contribution < 1.29 is 4.92 Å². The highest BCUT2D eigenvalue weighted by molar-refractivity contribution is 8.00. The Kier molecular flexibility index (Phi) is 4.14. The minimum absolute atomic E-state index is 0.0740. The molecule has 0 bridgehead atoms. The number of thioether (sulfide) groups is 1. The topological polar surface area (TPSA) is 71.3 Å². The Hall–Kier alpha value is -1.50. The molecule has 2 unspecified atom stereocenters. The van der Waals surface area contributed by atoms with Crippen molar-refractivity contribution in [2.45, 2.75) is 25.1 Å². The SMILES string of the molecule is CNc1ccc([N+](=O)[O-])c(N2CCSC(C)C2C)n1. The highest BCUT2D eigenvalue weighted by atomic mass is 32.2. The van der Waals surface area contributed by atoms with E-state index in [9.17, 15) is 10.1 Å². The molecule has 1 aromatic rings. The van der Waals surface area contributed by atoms with Gasteiger partial charge in [0.15, 0.2) is 0 Å². The van der Waals surface area contributed by atoms with Gasteiger partial charge in [-0.2, -0.15) is 11.8 Å². The van der Waals surface area contributed by atoms with E-state index in [1.807, 2.05) is 16.7 Å². The lowest BCUT2D eigenvalue weighted by Crippen LogP contribution is -2.45. The van der Waals surface area contributed by atoms with Crippen LogP contribution in [0.5, 0.6) is 0 Å². The molecule has 2 rings (SSSR count). The molecule has 0 saturated carbocycles. The van der Waals surface area contributed by atoms with Crippen molar-refractivity contribution >= 4 is 29.1 Å². The molecular formula is C12H18N4O2S. The quantitative estimate of drug-likeness (QED) is 0.678. The fourth-order valence-electron chi connectivity index (χ4n) is 2.17. The fraction of sp³-hybridized carbons (Fsp3) is 0.583. The average Bonchev–Trinajstić information content (AvgIpc) is 2.41. The Labute approximate surface area is 116 Å². The number of pyridine rings is 1. The summed E-state index contributed by atoms with van der Waals surface area (Å²) in [5.41, 5.74) is 0.0740. The van der Waals surface area contributed by atoms with Gasteiger partial charge in [0.2, 0.25) is 5.82 Å². The molecule has 0 amide bonds. The summed E-state index contributed by atoms with van der Waals surface area (Å²) in [6.07, 6.45) is 0. The normalized spacial score (nSPS) is 23.2. The number of nitro groups is 1. The Morgan fingerprint density at radius 2 is 2.26 bits per heavy atom. The Morgan fingerprint density at radius 1 is 1.53 bits per heavy atom. The van der Waals surface area contributed by atoms with Gasteiger partial charge in [0.25, 0.3) is 0 Å². The van der Waals surface area contributed by atoms with E-state index in [0.717, 1.165) is 12.3 Å². The van der Waals surface area contributed by atoms with E-state index in [-0.39, 0.29) is 16.7 Å². The van der Waals surface area contributed by atoms with Crippen LogP contribution in [-0.2, 0) is 0 Å². The molecular weight excluding hydrogens is 264 g/mol. The molecule has 19 heavy (non-hydrogen) atoms. The molecule has 1 saturated heterocycles. The lowest BCUT2D eigenvalue weighted by molar-refractivity contribution is -0.384. The van der Waals surface area contributed by atoms with Crippen LogP contribution in [0.1, 0.15) is 13.8 Å². The first-order chi connectivity index (χ1) is 9.04. The molecule has 104 valence electrons. The Balaban J connectivity index is 2.43. The van der Waals surface area contributed by atoms with Crippen molar-refractivity contribution in [3.05, 3.63) is 22.2 Å². The maximum absolute atomic E-state index is 11.2. The zero-order valence-corrected chi connectivity index (χ0v) is 12.1. The van der Waals surface area contributed by atoms with Gasteiger partial charge in [0.1, 0.15) is 5.82 Å². The summed E-state index contributed by atoms with van der Waals surface area (Å²) in [6, 6.07) is 3.39. The van der Waals surface area contributed by atoms with Gasteiger partial charge in [0.05, 0.1) is 4.92 Å². The molecule has 0 aliphatic carbocycles. The van der Waals surface area contributed by atoms with E-state index in [0.29, 0.717) is 16.9 Å². The van der Waals surface area contributed by atoms with Crippen LogP contribution in [0.15, 0.2) is 12.1 Å². The first-order valence-electron chi connectivity index (χ1n) is 6.26. The summed E-state index contributed by atoms with van der Waals surface area (Å²) in [7, 11) is 1.76. The van der Waals surface area contributed by atoms with Crippen molar-refractivity contribution in [3.63, 3.8) is 0 Å². The zero-order chi connectivity index (χ0) is 14.0. The van der Waals surface area contributed by atoms with Gasteiger partial charge in [0, 0.05) is 36.7 Å². The summed E-state index contributed by atoms with van der Waals surface area (Å²) in [5.74, 6) is 2.09. The van der Waals surface area contributed by atoms with Crippen LogP contribution in [0.2, 0.25) is 0 Å². The van der Waals surface area contributed by atoms with Gasteiger partial charge in [-0.05, 0) is 13.0 Å². The van der Waals surface area contributed by atoms with Gasteiger partial charge < -0.3 is 10.2 Å². The molecule has 7 heteroatoms. The number of rotatable bonds is 3. The number of anilines is 2. The van der Waals surface area contributed by atoms with E-state index >= 15 is 0 Å². The number of hydrogen-bond acceptors (Lipinski definition) is 6. The smallest absolute Gasteiger partial charge is 0.311 e. The second kappa shape index (κ2) is 5.64. The third kappa shape index (κ3) is 2.75. The monoisotopic (exact) mass is 282 g/mol. The maximum Gasteiger partial charge on any atom is 0.311 e. The number of aromatic nitrogens is 1. The van der Waals surface area contributed by atoms with Crippen LogP contribution in [0.25, 0.3) is 0 Å². The summed E-state index contributed by atoms with van der Waals surface area (Å²) in [4.78, 5) is 17.2. The van der Waals surface area contributed by atoms with Crippen LogP contribution in [0.4, 0.5) is 17.3 Å². The van der Waals surface area contributed by atoms with Gasteiger partial charge in [-0.3, -0.25) is 10.1 Å². The standard InChI is InChI=1S/C12H18N4O2S/c1-8-9(2)19-7-6-15(8)12-10(16(17)18)4-5-11(13-3)14-12/h4-5,8-9H,6-7H2,1-3H3,(H,13,14). The van der Waals surface area contributed by atoms with Gasteiger partial charge >= 0.3 is 5.69 Å². The molecule has 0 aromatic carbocycles. The third-order valence-corrected chi connectivity index (χ3v) is 4.80. The number of nitrogens with one attached hydrogen (secondary N) is 1. The lowest BCUT2D eigenvalue weighted by atomic mass is 10.2. The van der Waals surface area contributed by atoms with E-state index in [1.54, 1.807) is 13.1 Å². The number of hydrogen-bond donors (Lipinski definition) is 1. The largest absolute Gasteiger partial charge is 0.373 e. The molecule has 1 N–H and O–H groups in total. The minimum Gasteiger partial charge on any atom is -0.373 e. The third-order valence-electron chi connectivity index (χ3n) is 3.46. The van der Waals surface area contributed by atoms with E-state index in [1.165, 1.54) is 6.07 Å². The predicted octanol–water partition coefficient (Wildman–Crippen LogP) is 2.36. The summed E-state index contributed by atoms with van der Waals surface area (Å²) < 4.78 is 0. The lowest BCUT2D eigenvalue weighted by Gasteiger charge is -2.38. The molecule has 1 fully saturated rings. The van der Waals surface area contributed by atoms with Crippen molar-refractivity contribution in [1.29, 1.82) is 0 Å². The molecule has 0 radical (unpaired) electrons. The van der Waals surface area contributed by atoms with Crippen molar-refractivity contribution in [2.24, 2.45) is 0 Å². The summed E-state index contributed by atoms with van der Waals surface area (Å²) >= 11 is 1.89. The minimum atomic E-state index is -0.360. The maximum atomic E-state index is 11.2. The second-order valence-electron chi connectivity index (χ2n) is 4.56. The Morgan fingerprint density at radius 3 is 2.89 bits per heavy atom. The van der Waals surface area contributed by atoms with Crippen LogP contribution in [-0.4, -0.2) is 40.5 Å². The molecule has 6 nitrogen and oxygen atoms in total. The van der Waals surface area contributed by atoms with Gasteiger partial charge in [-0.1, -0.05) is 6.92 Å². The fourth-order valence-corrected chi connectivity index (χ4v) is 3.27.